The first kappa shape index (κ1) is 11.9. The Hall–Kier alpha value is -0.160. The van der Waals surface area contributed by atoms with E-state index in [-0.39, 0.29) is 6.61 Å². The molecule has 0 bridgehead atoms. The van der Waals surface area contributed by atoms with Crippen molar-refractivity contribution < 1.29 is 15.3 Å². The van der Waals surface area contributed by atoms with E-state index >= 15 is 0 Å². The van der Waals surface area contributed by atoms with Crippen LogP contribution in [0.15, 0.2) is 0 Å². The van der Waals surface area contributed by atoms with Gasteiger partial charge in [-0.05, 0) is 19.4 Å². The first-order chi connectivity index (χ1) is 6.74. The highest BCUT2D eigenvalue weighted by Gasteiger charge is 2.28. The highest BCUT2D eigenvalue weighted by molar-refractivity contribution is 4.82. The summed E-state index contributed by atoms with van der Waals surface area (Å²) in [4.78, 5) is 2.09. The van der Waals surface area contributed by atoms with Gasteiger partial charge in [0.1, 0.15) is 0 Å². The SMILES string of the molecule is OCCCCCCN1C[C@@H](O)[C@@H](O)C1. The number of unbranched alkanes of at least 4 members (excludes halogenated alkanes) is 3. The molecule has 1 saturated heterocycles. The summed E-state index contributed by atoms with van der Waals surface area (Å²) in [5, 5.41) is 27.1. The van der Waals surface area contributed by atoms with E-state index in [9.17, 15) is 10.2 Å². The van der Waals surface area contributed by atoms with Crippen molar-refractivity contribution in [2.45, 2.75) is 37.9 Å². The molecule has 1 fully saturated rings. The topological polar surface area (TPSA) is 63.9 Å². The predicted molar refractivity (Wildman–Crippen MR) is 54.0 cm³/mol. The van der Waals surface area contributed by atoms with Crippen molar-refractivity contribution >= 4 is 0 Å². The number of aliphatic hydroxyl groups excluding tert-OH is 3. The molecular weight excluding hydrogens is 182 g/mol. The van der Waals surface area contributed by atoms with Crippen LogP contribution in [0.25, 0.3) is 0 Å². The number of rotatable bonds is 6. The molecule has 0 spiro atoms. The normalized spacial score (nSPS) is 28.5. The lowest BCUT2D eigenvalue weighted by molar-refractivity contribution is 0.0572. The number of aliphatic hydroxyl groups is 3. The lowest BCUT2D eigenvalue weighted by atomic mass is 10.2. The first-order valence-electron chi connectivity index (χ1n) is 5.43. The number of hydrogen-bond donors (Lipinski definition) is 3. The molecule has 0 saturated carbocycles. The van der Waals surface area contributed by atoms with Crippen LogP contribution < -0.4 is 0 Å². The molecule has 0 aliphatic carbocycles. The van der Waals surface area contributed by atoms with Gasteiger partial charge in [0.15, 0.2) is 0 Å². The Morgan fingerprint density at radius 3 is 2.07 bits per heavy atom. The monoisotopic (exact) mass is 203 g/mol. The molecule has 0 aromatic rings. The van der Waals surface area contributed by atoms with E-state index in [2.05, 4.69) is 4.90 Å². The van der Waals surface area contributed by atoms with Crippen LogP contribution >= 0.6 is 0 Å². The summed E-state index contributed by atoms with van der Waals surface area (Å²) in [6.07, 6.45) is 3.02. The Balaban J connectivity index is 1.97. The zero-order chi connectivity index (χ0) is 10.4. The van der Waals surface area contributed by atoms with Gasteiger partial charge in [-0.1, -0.05) is 12.8 Å². The van der Waals surface area contributed by atoms with E-state index in [4.69, 9.17) is 5.11 Å². The number of hydrogen-bond acceptors (Lipinski definition) is 4. The van der Waals surface area contributed by atoms with Crippen LogP contribution in [0, 0.1) is 0 Å². The second-order valence-electron chi connectivity index (χ2n) is 4.03. The van der Waals surface area contributed by atoms with Gasteiger partial charge in [-0.2, -0.15) is 0 Å². The lowest BCUT2D eigenvalue weighted by Gasteiger charge is -2.13. The molecule has 1 aliphatic heterocycles. The van der Waals surface area contributed by atoms with Crippen LogP contribution in [-0.4, -0.2) is 58.7 Å². The summed E-state index contributed by atoms with van der Waals surface area (Å²) in [7, 11) is 0. The Morgan fingerprint density at radius 1 is 0.929 bits per heavy atom. The molecule has 3 N–H and O–H groups in total. The fraction of sp³-hybridized carbons (Fsp3) is 1.00. The van der Waals surface area contributed by atoms with Crippen molar-refractivity contribution in [1.82, 2.24) is 4.90 Å². The van der Waals surface area contributed by atoms with Crippen molar-refractivity contribution in [3.05, 3.63) is 0 Å². The molecule has 0 amide bonds. The van der Waals surface area contributed by atoms with Crippen LogP contribution in [0.2, 0.25) is 0 Å². The molecule has 4 heteroatoms. The Kier molecular flexibility index (Phi) is 5.40. The van der Waals surface area contributed by atoms with Gasteiger partial charge in [0.25, 0.3) is 0 Å². The third-order valence-electron chi connectivity index (χ3n) is 2.72. The molecule has 0 unspecified atom stereocenters. The lowest BCUT2D eigenvalue weighted by Crippen LogP contribution is -2.23. The van der Waals surface area contributed by atoms with Crippen molar-refractivity contribution in [3.63, 3.8) is 0 Å². The minimum atomic E-state index is -0.563. The maximum atomic E-state index is 9.28. The average Bonchev–Trinajstić information content (AvgIpc) is 2.46. The zero-order valence-corrected chi connectivity index (χ0v) is 8.60. The fourth-order valence-electron chi connectivity index (χ4n) is 1.83. The molecule has 1 rings (SSSR count). The van der Waals surface area contributed by atoms with E-state index in [1.54, 1.807) is 0 Å². The second kappa shape index (κ2) is 6.35. The van der Waals surface area contributed by atoms with Gasteiger partial charge in [-0.15, -0.1) is 0 Å². The molecule has 84 valence electrons. The third kappa shape index (κ3) is 3.92. The Morgan fingerprint density at radius 2 is 1.50 bits per heavy atom. The molecule has 0 aromatic heterocycles. The molecule has 0 aromatic carbocycles. The molecule has 4 nitrogen and oxygen atoms in total. The summed E-state index contributed by atoms with van der Waals surface area (Å²) >= 11 is 0. The van der Waals surface area contributed by atoms with Gasteiger partial charge >= 0.3 is 0 Å². The molecule has 1 aliphatic rings. The molecule has 1 heterocycles. The predicted octanol–water partition coefficient (Wildman–Crippen LogP) is -0.424. The maximum absolute atomic E-state index is 9.28. The second-order valence-corrected chi connectivity index (χ2v) is 4.03. The third-order valence-corrected chi connectivity index (χ3v) is 2.72. The van der Waals surface area contributed by atoms with Gasteiger partial charge in [-0.25, -0.2) is 0 Å². The quantitative estimate of drug-likeness (QED) is 0.513. The largest absolute Gasteiger partial charge is 0.396 e. The summed E-state index contributed by atoms with van der Waals surface area (Å²) in [6, 6.07) is 0. The fourth-order valence-corrected chi connectivity index (χ4v) is 1.83. The van der Waals surface area contributed by atoms with Crippen molar-refractivity contribution in [2.75, 3.05) is 26.2 Å². The van der Waals surface area contributed by atoms with Gasteiger partial charge in [-0.3, -0.25) is 4.90 Å². The van der Waals surface area contributed by atoms with Crippen LogP contribution in [-0.2, 0) is 0 Å². The summed E-state index contributed by atoms with van der Waals surface area (Å²) < 4.78 is 0. The van der Waals surface area contributed by atoms with Crippen LogP contribution in [0.4, 0.5) is 0 Å². The van der Waals surface area contributed by atoms with E-state index < -0.39 is 12.2 Å². The van der Waals surface area contributed by atoms with Gasteiger partial charge in [0.05, 0.1) is 12.2 Å². The van der Waals surface area contributed by atoms with Crippen molar-refractivity contribution in [1.29, 1.82) is 0 Å². The van der Waals surface area contributed by atoms with Crippen LogP contribution in [0.5, 0.6) is 0 Å². The standard InChI is InChI=1S/C10H21NO3/c12-6-4-2-1-3-5-11-7-9(13)10(14)8-11/h9-10,12-14H,1-8H2/t9-,10+. The smallest absolute Gasteiger partial charge is 0.0938 e. The summed E-state index contributed by atoms with van der Waals surface area (Å²) in [5.74, 6) is 0. The molecule has 14 heavy (non-hydrogen) atoms. The van der Waals surface area contributed by atoms with E-state index in [0.29, 0.717) is 13.1 Å². The van der Waals surface area contributed by atoms with E-state index in [0.717, 1.165) is 32.2 Å². The van der Waals surface area contributed by atoms with Crippen LogP contribution in [0.1, 0.15) is 25.7 Å². The van der Waals surface area contributed by atoms with Crippen molar-refractivity contribution in [2.24, 2.45) is 0 Å². The summed E-state index contributed by atoms with van der Waals surface area (Å²) in [5.41, 5.74) is 0. The first-order valence-corrected chi connectivity index (χ1v) is 5.43. The van der Waals surface area contributed by atoms with Gasteiger partial charge in [0.2, 0.25) is 0 Å². The molecular formula is C10H21NO3. The Labute approximate surface area is 85.2 Å². The highest BCUT2D eigenvalue weighted by Crippen LogP contribution is 2.11. The van der Waals surface area contributed by atoms with E-state index in [1.165, 1.54) is 0 Å². The van der Waals surface area contributed by atoms with E-state index in [1.807, 2.05) is 0 Å². The minimum absolute atomic E-state index is 0.279. The minimum Gasteiger partial charge on any atom is -0.396 e. The molecule has 2 atom stereocenters. The van der Waals surface area contributed by atoms with Crippen molar-refractivity contribution in [3.8, 4) is 0 Å². The van der Waals surface area contributed by atoms with Gasteiger partial charge < -0.3 is 15.3 Å². The number of β-amino-alcohol motifs (C(OH)–C–C–N with tert-alkyl or cyclic N) is 2. The number of nitrogens with zero attached hydrogens (tertiary/aromatic N) is 1. The summed E-state index contributed by atoms with van der Waals surface area (Å²) in [6.45, 7) is 2.42. The number of likely N-dealkylation sites (tertiary alicyclic amines) is 1. The average molecular weight is 203 g/mol. The van der Waals surface area contributed by atoms with Gasteiger partial charge in [0, 0.05) is 19.7 Å². The maximum Gasteiger partial charge on any atom is 0.0938 e. The molecule has 0 radical (unpaired) electrons. The zero-order valence-electron chi connectivity index (χ0n) is 8.60. The highest BCUT2D eigenvalue weighted by atomic mass is 16.3. The Bertz CT molecular complexity index is 144. The van der Waals surface area contributed by atoms with Crippen LogP contribution in [0.3, 0.4) is 0 Å².